The number of ketones is 1. The van der Waals surface area contributed by atoms with E-state index in [1.165, 1.54) is 0 Å². The smallest absolute Gasteiger partial charge is 0.176 e. The Hall–Kier alpha value is -0.150. The normalized spacial score (nSPS) is 12.5. The van der Waals surface area contributed by atoms with Crippen molar-refractivity contribution in [2.45, 2.75) is 30.4 Å². The Labute approximate surface area is 108 Å². The molecule has 1 atom stereocenters. The van der Waals surface area contributed by atoms with E-state index in [2.05, 4.69) is 44.8 Å². The molecule has 0 fully saturated rings. The molecule has 1 nitrogen and oxygen atoms in total. The highest BCUT2D eigenvalue weighted by atomic mass is 79.9. The number of hydrogen-bond acceptors (Lipinski definition) is 1. The second-order valence-electron chi connectivity index (χ2n) is 3.46. The Balaban J connectivity index is 3.17. The van der Waals surface area contributed by atoms with Crippen LogP contribution in [0.2, 0.25) is 0 Å². The summed E-state index contributed by atoms with van der Waals surface area (Å²) < 4.78 is 0. The van der Waals surface area contributed by atoms with E-state index in [0.717, 1.165) is 28.4 Å². The first-order chi connectivity index (χ1) is 7.10. The number of halogens is 2. The summed E-state index contributed by atoms with van der Waals surface area (Å²) in [6.07, 6.45) is 0.892. The van der Waals surface area contributed by atoms with Crippen molar-refractivity contribution < 1.29 is 4.79 Å². The molecule has 0 aromatic heterocycles. The van der Waals surface area contributed by atoms with Gasteiger partial charge in [-0.2, -0.15) is 0 Å². The van der Waals surface area contributed by atoms with Gasteiger partial charge < -0.3 is 0 Å². The summed E-state index contributed by atoms with van der Waals surface area (Å²) in [4.78, 5) is 11.8. The van der Waals surface area contributed by atoms with Crippen LogP contribution in [0.25, 0.3) is 0 Å². The molecule has 1 aromatic carbocycles. The number of carbonyl (C=O) groups excluding carboxylic acids is 1. The van der Waals surface area contributed by atoms with Crippen molar-refractivity contribution in [3.05, 3.63) is 34.9 Å². The zero-order valence-electron chi connectivity index (χ0n) is 8.89. The number of benzene rings is 1. The standard InChI is InChI=1S/C12H14Br2O/c1-3-10-5-4-9(7-13)6-11(10)12(15)8(2)14/h4-6,8H,3,7H2,1-2H3. The lowest BCUT2D eigenvalue weighted by Crippen LogP contribution is -2.12. The number of rotatable bonds is 4. The van der Waals surface area contributed by atoms with Gasteiger partial charge >= 0.3 is 0 Å². The molecule has 3 heteroatoms. The molecule has 0 bridgehead atoms. The third-order valence-electron chi connectivity index (χ3n) is 2.34. The van der Waals surface area contributed by atoms with Crippen molar-refractivity contribution in [3.63, 3.8) is 0 Å². The van der Waals surface area contributed by atoms with Crippen LogP contribution >= 0.6 is 31.9 Å². The molecule has 82 valence electrons. The maximum Gasteiger partial charge on any atom is 0.176 e. The Morgan fingerprint density at radius 3 is 2.60 bits per heavy atom. The van der Waals surface area contributed by atoms with Gasteiger partial charge in [0.05, 0.1) is 4.83 Å². The first kappa shape index (κ1) is 12.9. The summed E-state index contributed by atoms with van der Waals surface area (Å²) in [5.41, 5.74) is 3.11. The number of aryl methyl sites for hydroxylation is 1. The van der Waals surface area contributed by atoms with Crippen LogP contribution in [-0.2, 0) is 11.8 Å². The maximum absolute atomic E-state index is 11.9. The lowest BCUT2D eigenvalue weighted by Gasteiger charge is -2.10. The third-order valence-corrected chi connectivity index (χ3v) is 3.40. The summed E-state index contributed by atoms with van der Waals surface area (Å²) >= 11 is 6.73. The topological polar surface area (TPSA) is 17.1 Å². The monoisotopic (exact) mass is 332 g/mol. The van der Waals surface area contributed by atoms with Crippen LogP contribution in [0.4, 0.5) is 0 Å². The molecule has 1 aromatic rings. The fraction of sp³-hybridized carbons (Fsp3) is 0.417. The molecule has 0 amide bonds. The van der Waals surface area contributed by atoms with Crippen LogP contribution in [0.1, 0.15) is 35.3 Å². The van der Waals surface area contributed by atoms with Crippen LogP contribution in [0.5, 0.6) is 0 Å². The number of Topliss-reactive ketones (excluding diaryl/α,β-unsaturated/α-hetero) is 1. The van der Waals surface area contributed by atoms with Gasteiger partial charge in [0.1, 0.15) is 0 Å². The summed E-state index contributed by atoms with van der Waals surface area (Å²) in [5.74, 6) is 0.162. The minimum absolute atomic E-state index is 0.117. The van der Waals surface area contributed by atoms with Crippen LogP contribution in [0.15, 0.2) is 18.2 Å². The number of hydrogen-bond donors (Lipinski definition) is 0. The molecule has 0 aliphatic carbocycles. The Morgan fingerprint density at radius 2 is 2.13 bits per heavy atom. The predicted molar refractivity (Wildman–Crippen MR) is 71.2 cm³/mol. The van der Waals surface area contributed by atoms with E-state index < -0.39 is 0 Å². The van der Waals surface area contributed by atoms with Gasteiger partial charge in [0.15, 0.2) is 5.78 Å². The van der Waals surface area contributed by atoms with Crippen LogP contribution in [-0.4, -0.2) is 10.6 Å². The molecule has 0 spiro atoms. The fourth-order valence-electron chi connectivity index (χ4n) is 1.46. The van der Waals surface area contributed by atoms with Gasteiger partial charge in [0, 0.05) is 10.9 Å². The molecule has 0 heterocycles. The molecule has 0 radical (unpaired) electrons. The minimum atomic E-state index is -0.117. The van der Waals surface area contributed by atoms with E-state index in [-0.39, 0.29) is 10.6 Å². The van der Waals surface area contributed by atoms with E-state index in [0.29, 0.717) is 0 Å². The summed E-state index contributed by atoms with van der Waals surface area (Å²) in [5, 5.41) is 0.786. The van der Waals surface area contributed by atoms with Crippen molar-refractivity contribution >= 4 is 37.6 Å². The van der Waals surface area contributed by atoms with Gasteiger partial charge in [0.2, 0.25) is 0 Å². The van der Waals surface area contributed by atoms with E-state index in [4.69, 9.17) is 0 Å². The first-order valence-corrected chi connectivity index (χ1v) is 7.00. The second kappa shape index (κ2) is 5.80. The molecule has 0 saturated carbocycles. The Morgan fingerprint density at radius 1 is 1.47 bits per heavy atom. The van der Waals surface area contributed by atoms with Crippen molar-refractivity contribution in [2.24, 2.45) is 0 Å². The fourth-order valence-corrected chi connectivity index (χ4v) is 2.05. The summed E-state index contributed by atoms with van der Waals surface area (Å²) in [6.45, 7) is 3.93. The molecular formula is C12H14Br2O. The second-order valence-corrected chi connectivity index (χ2v) is 5.39. The van der Waals surface area contributed by atoms with Crippen molar-refractivity contribution in [1.82, 2.24) is 0 Å². The lowest BCUT2D eigenvalue weighted by molar-refractivity contribution is 0.0995. The minimum Gasteiger partial charge on any atom is -0.293 e. The van der Waals surface area contributed by atoms with E-state index in [1.807, 2.05) is 19.1 Å². The van der Waals surface area contributed by atoms with E-state index >= 15 is 0 Å². The average molecular weight is 334 g/mol. The van der Waals surface area contributed by atoms with Crippen molar-refractivity contribution in [1.29, 1.82) is 0 Å². The molecule has 0 aliphatic heterocycles. The molecule has 0 saturated heterocycles. The SMILES string of the molecule is CCc1ccc(CBr)cc1C(=O)C(C)Br. The van der Waals surface area contributed by atoms with E-state index in [9.17, 15) is 4.79 Å². The lowest BCUT2D eigenvalue weighted by atomic mass is 9.98. The summed E-state index contributed by atoms with van der Waals surface area (Å²) in [6, 6.07) is 6.08. The van der Waals surface area contributed by atoms with E-state index in [1.54, 1.807) is 0 Å². The third kappa shape index (κ3) is 3.15. The number of carbonyl (C=O) groups is 1. The molecule has 15 heavy (non-hydrogen) atoms. The highest BCUT2D eigenvalue weighted by Crippen LogP contribution is 2.19. The Kier molecular flexibility index (Phi) is 5.00. The maximum atomic E-state index is 11.9. The largest absolute Gasteiger partial charge is 0.293 e. The molecule has 1 rings (SSSR count). The van der Waals surface area contributed by atoms with Gasteiger partial charge in [-0.3, -0.25) is 4.79 Å². The zero-order valence-corrected chi connectivity index (χ0v) is 12.1. The van der Waals surface area contributed by atoms with Crippen molar-refractivity contribution in [3.8, 4) is 0 Å². The van der Waals surface area contributed by atoms with Gasteiger partial charge in [0.25, 0.3) is 0 Å². The molecule has 0 N–H and O–H groups in total. The van der Waals surface area contributed by atoms with Gasteiger partial charge in [-0.05, 0) is 30.5 Å². The van der Waals surface area contributed by atoms with Crippen LogP contribution < -0.4 is 0 Å². The highest BCUT2D eigenvalue weighted by molar-refractivity contribution is 9.10. The van der Waals surface area contributed by atoms with Crippen LogP contribution in [0, 0.1) is 0 Å². The first-order valence-electron chi connectivity index (χ1n) is 4.96. The average Bonchev–Trinajstić information content (AvgIpc) is 2.27. The number of alkyl halides is 2. The molecule has 0 aliphatic rings. The quantitative estimate of drug-likeness (QED) is 0.598. The van der Waals surface area contributed by atoms with Gasteiger partial charge in [-0.15, -0.1) is 0 Å². The van der Waals surface area contributed by atoms with Gasteiger partial charge in [-0.1, -0.05) is 50.9 Å². The molecule has 1 unspecified atom stereocenters. The van der Waals surface area contributed by atoms with Crippen molar-refractivity contribution in [2.75, 3.05) is 0 Å². The molecular weight excluding hydrogens is 320 g/mol. The summed E-state index contributed by atoms with van der Waals surface area (Å²) in [7, 11) is 0. The predicted octanol–water partition coefficient (Wildman–Crippen LogP) is 4.11. The van der Waals surface area contributed by atoms with Crippen LogP contribution in [0.3, 0.4) is 0 Å². The van der Waals surface area contributed by atoms with Gasteiger partial charge in [-0.25, -0.2) is 0 Å². The Bertz CT molecular complexity index is 359. The zero-order chi connectivity index (χ0) is 11.4. The highest BCUT2D eigenvalue weighted by Gasteiger charge is 2.15.